The molecule has 0 atom stereocenters. The molecule has 0 aliphatic rings. The van der Waals surface area contributed by atoms with Crippen LogP contribution in [-0.4, -0.2) is 11.2 Å². The molecule has 0 unspecified atom stereocenters. The zero-order chi connectivity index (χ0) is 17.1. The fourth-order valence-corrected chi connectivity index (χ4v) is 3.27. The summed E-state index contributed by atoms with van der Waals surface area (Å²) in [6, 6.07) is 16.7. The first-order chi connectivity index (χ1) is 10.6. The minimum atomic E-state index is -0.178. The summed E-state index contributed by atoms with van der Waals surface area (Å²) in [5.41, 5.74) is -0.357. The molecule has 0 aromatic heterocycles. The van der Waals surface area contributed by atoms with Gasteiger partial charge in [-0.05, 0) is 76.4 Å². The van der Waals surface area contributed by atoms with E-state index in [1.54, 1.807) is 0 Å². The number of rotatable bonds is 4. The van der Waals surface area contributed by atoms with Gasteiger partial charge < -0.3 is 9.47 Å². The molecule has 0 heterocycles. The highest BCUT2D eigenvalue weighted by Gasteiger charge is 2.13. The first kappa shape index (κ1) is 17.8. The van der Waals surface area contributed by atoms with Crippen molar-refractivity contribution in [2.24, 2.45) is 0 Å². The Morgan fingerprint density at radius 3 is 1.39 bits per heavy atom. The minimum Gasteiger partial charge on any atom is -0.488 e. The van der Waals surface area contributed by atoms with Crippen LogP contribution in [0.15, 0.2) is 48.5 Å². The maximum atomic E-state index is 5.95. The zero-order valence-electron chi connectivity index (χ0n) is 14.9. The monoisotopic (exact) mass is 330 g/mol. The van der Waals surface area contributed by atoms with E-state index in [-0.39, 0.29) is 11.2 Å². The largest absolute Gasteiger partial charge is 0.488 e. The van der Waals surface area contributed by atoms with Gasteiger partial charge >= 0.3 is 0 Å². The summed E-state index contributed by atoms with van der Waals surface area (Å²) in [6.45, 7) is 12.4. The van der Waals surface area contributed by atoms with Crippen LogP contribution in [0, 0.1) is 0 Å². The Morgan fingerprint density at radius 1 is 0.652 bits per heavy atom. The van der Waals surface area contributed by atoms with E-state index in [0.717, 1.165) is 11.5 Å². The first-order valence-corrected chi connectivity index (χ1v) is 8.96. The summed E-state index contributed by atoms with van der Waals surface area (Å²) < 4.78 is 11.9. The lowest BCUT2D eigenvalue weighted by molar-refractivity contribution is 0.130. The van der Waals surface area contributed by atoms with Crippen molar-refractivity contribution < 1.29 is 9.47 Å². The molecule has 0 N–H and O–H groups in total. The van der Waals surface area contributed by atoms with Gasteiger partial charge in [0.15, 0.2) is 0 Å². The van der Waals surface area contributed by atoms with Crippen LogP contribution in [0.1, 0.15) is 41.5 Å². The quantitative estimate of drug-likeness (QED) is 0.759. The van der Waals surface area contributed by atoms with Crippen LogP contribution in [0.2, 0.25) is 0 Å². The topological polar surface area (TPSA) is 18.5 Å². The van der Waals surface area contributed by atoms with Crippen molar-refractivity contribution in [3.05, 3.63) is 48.5 Å². The van der Waals surface area contributed by atoms with E-state index in [9.17, 15) is 0 Å². The molecule has 0 fully saturated rings. The molecule has 0 bridgehead atoms. The van der Waals surface area contributed by atoms with E-state index in [2.05, 4.69) is 77.9 Å². The Balaban J connectivity index is 2.13. The summed E-state index contributed by atoms with van der Waals surface area (Å²) in [5.74, 6) is 1.84. The molecule has 0 radical (unpaired) electrons. The van der Waals surface area contributed by atoms with Crippen molar-refractivity contribution in [2.45, 2.75) is 52.7 Å². The Kier molecular flexibility index (Phi) is 5.37. The van der Waals surface area contributed by atoms with E-state index < -0.39 is 0 Å². The van der Waals surface area contributed by atoms with Crippen LogP contribution in [-0.2, 0) is 0 Å². The van der Waals surface area contributed by atoms with E-state index >= 15 is 0 Å². The van der Waals surface area contributed by atoms with E-state index in [1.165, 1.54) is 10.6 Å². The maximum Gasteiger partial charge on any atom is 0.120 e. The van der Waals surface area contributed by atoms with E-state index in [1.807, 2.05) is 12.1 Å². The molecule has 124 valence electrons. The normalized spacial score (nSPS) is 12.1. The molecule has 2 rings (SSSR count). The lowest BCUT2D eigenvalue weighted by Gasteiger charge is -2.22. The molecule has 0 saturated carbocycles. The fraction of sp³-hybridized carbons (Fsp3) is 0.400. The standard InChI is InChI=1S/C20H27O2P/c1-19(2,3)21-15-9-7-11-17(13-15)23-18-12-8-10-16(14-18)22-20(4,5)6/h7-14,23H,1-6H3. The van der Waals surface area contributed by atoms with Gasteiger partial charge in [0.05, 0.1) is 0 Å². The Bertz CT molecular complexity index is 594. The first-order valence-electron chi connectivity index (χ1n) is 7.96. The van der Waals surface area contributed by atoms with Gasteiger partial charge in [0.25, 0.3) is 0 Å². The fourth-order valence-electron chi connectivity index (χ4n) is 2.15. The Morgan fingerprint density at radius 2 is 1.04 bits per heavy atom. The van der Waals surface area contributed by atoms with Gasteiger partial charge in [0, 0.05) is 0 Å². The third-order valence-electron chi connectivity index (χ3n) is 2.80. The lowest BCUT2D eigenvalue weighted by Crippen LogP contribution is -2.23. The van der Waals surface area contributed by atoms with Crippen molar-refractivity contribution in [1.82, 2.24) is 0 Å². The van der Waals surface area contributed by atoms with Gasteiger partial charge in [-0.3, -0.25) is 0 Å². The highest BCUT2D eigenvalue weighted by molar-refractivity contribution is 7.55. The molecule has 0 saturated heterocycles. The van der Waals surface area contributed by atoms with Crippen molar-refractivity contribution in [1.29, 1.82) is 0 Å². The van der Waals surface area contributed by atoms with Gasteiger partial charge in [-0.2, -0.15) is 0 Å². The summed E-state index contributed by atoms with van der Waals surface area (Å²) in [5, 5.41) is 2.53. The molecule has 0 aliphatic heterocycles. The van der Waals surface area contributed by atoms with Crippen LogP contribution in [0.4, 0.5) is 0 Å². The second-order valence-electron chi connectivity index (χ2n) is 7.61. The molecular weight excluding hydrogens is 303 g/mol. The van der Waals surface area contributed by atoms with E-state index in [4.69, 9.17) is 9.47 Å². The molecular formula is C20H27O2P. The van der Waals surface area contributed by atoms with Crippen molar-refractivity contribution >= 4 is 19.2 Å². The third-order valence-corrected chi connectivity index (χ3v) is 4.00. The van der Waals surface area contributed by atoms with Gasteiger partial charge in [0.2, 0.25) is 0 Å². The van der Waals surface area contributed by atoms with Gasteiger partial charge in [-0.1, -0.05) is 32.8 Å². The summed E-state index contributed by atoms with van der Waals surface area (Å²) in [6.07, 6.45) is 0. The average molecular weight is 330 g/mol. The Labute approximate surface area is 142 Å². The van der Waals surface area contributed by atoms with Crippen LogP contribution in [0.5, 0.6) is 11.5 Å². The summed E-state index contributed by atoms with van der Waals surface area (Å²) in [7, 11) is 0.582. The van der Waals surface area contributed by atoms with Gasteiger partial charge in [-0.25, -0.2) is 0 Å². The molecule has 2 aromatic carbocycles. The van der Waals surface area contributed by atoms with Crippen LogP contribution in [0.3, 0.4) is 0 Å². The van der Waals surface area contributed by atoms with E-state index in [0.29, 0.717) is 8.58 Å². The molecule has 0 aliphatic carbocycles. The highest BCUT2D eigenvalue weighted by atomic mass is 31.1. The Hall–Kier alpha value is -1.53. The molecule has 2 nitrogen and oxygen atoms in total. The number of ether oxygens (including phenoxy) is 2. The van der Waals surface area contributed by atoms with Crippen LogP contribution < -0.4 is 20.1 Å². The molecule has 0 amide bonds. The second kappa shape index (κ2) is 6.93. The van der Waals surface area contributed by atoms with Crippen LogP contribution >= 0.6 is 8.58 Å². The highest BCUT2D eigenvalue weighted by Crippen LogP contribution is 2.22. The van der Waals surface area contributed by atoms with Gasteiger partial charge in [-0.15, -0.1) is 0 Å². The van der Waals surface area contributed by atoms with Crippen molar-refractivity contribution in [2.75, 3.05) is 0 Å². The lowest BCUT2D eigenvalue weighted by atomic mass is 10.2. The van der Waals surface area contributed by atoms with Crippen LogP contribution in [0.25, 0.3) is 0 Å². The molecule has 23 heavy (non-hydrogen) atoms. The predicted octanol–water partition coefficient (Wildman–Crippen LogP) is 4.67. The second-order valence-corrected chi connectivity index (χ2v) is 9.01. The minimum absolute atomic E-state index is 0.178. The van der Waals surface area contributed by atoms with Crippen molar-refractivity contribution in [3.8, 4) is 11.5 Å². The smallest absolute Gasteiger partial charge is 0.120 e. The summed E-state index contributed by atoms with van der Waals surface area (Å²) in [4.78, 5) is 0. The molecule has 0 spiro atoms. The maximum absolute atomic E-state index is 5.95. The predicted molar refractivity (Wildman–Crippen MR) is 101 cm³/mol. The molecule has 3 heteroatoms. The zero-order valence-corrected chi connectivity index (χ0v) is 15.9. The molecule has 2 aromatic rings. The number of hydrogen-bond donors (Lipinski definition) is 0. The SMILES string of the molecule is CC(C)(C)Oc1cccc(Pc2cccc(OC(C)(C)C)c2)c1. The third kappa shape index (κ3) is 6.62. The summed E-state index contributed by atoms with van der Waals surface area (Å²) >= 11 is 0. The number of benzene rings is 2. The van der Waals surface area contributed by atoms with Gasteiger partial charge in [0.1, 0.15) is 22.7 Å². The average Bonchev–Trinajstić information content (AvgIpc) is 2.35. The van der Waals surface area contributed by atoms with Crippen molar-refractivity contribution in [3.63, 3.8) is 0 Å². The number of hydrogen-bond acceptors (Lipinski definition) is 2.